The van der Waals surface area contributed by atoms with Crippen LogP contribution in [0.3, 0.4) is 0 Å². The fraction of sp³-hybridized carbons (Fsp3) is 0.333. The quantitative estimate of drug-likeness (QED) is 0.462. The summed E-state index contributed by atoms with van der Waals surface area (Å²) in [5.41, 5.74) is 0. The Balaban J connectivity index is 2.80. The average Bonchev–Trinajstić information content (AvgIpc) is 0.811. The summed E-state index contributed by atoms with van der Waals surface area (Å²) in [7, 11) is 0. The van der Waals surface area contributed by atoms with Crippen LogP contribution in [0.1, 0.15) is 6.92 Å². The van der Waals surface area contributed by atoms with Crippen molar-refractivity contribution < 1.29 is 0 Å². The summed E-state index contributed by atoms with van der Waals surface area (Å²) in [6.45, 7) is 5.57. The summed E-state index contributed by atoms with van der Waals surface area (Å²) in [5, 5.41) is 0. The van der Waals surface area contributed by atoms with E-state index < -0.39 is 0 Å². The van der Waals surface area contributed by atoms with Crippen molar-refractivity contribution in [2.24, 2.45) is 0 Å². The van der Waals surface area contributed by atoms with Gasteiger partial charge in [0.15, 0.2) is 0 Å². The third-order valence-electron chi connectivity index (χ3n) is 0. The van der Waals surface area contributed by atoms with Crippen LogP contribution < -0.4 is 0 Å². The Kier molecular flexibility index (Phi) is 2.05. The van der Waals surface area contributed by atoms with Crippen molar-refractivity contribution in [3.05, 3.63) is 10.2 Å². The molecule has 0 aliphatic heterocycles. The van der Waals surface area contributed by atoms with Gasteiger partial charge in [0.1, 0.15) is 0 Å². The molecule has 0 rings (SSSR count). The normalized spacial score (nSPS) is 6.50. The Morgan fingerprint density at radius 1 is 2.00 bits per heavy atom. The van der Waals surface area contributed by atoms with Crippen molar-refractivity contribution in [3.63, 3.8) is 0 Å². The van der Waals surface area contributed by atoms with Crippen LogP contribution in [0, 0.1) is 0 Å². The van der Waals surface area contributed by atoms with Crippen LogP contribution in [0.15, 0.2) is 10.2 Å². The van der Waals surface area contributed by atoms with Gasteiger partial charge in [-0.2, -0.15) is 0 Å². The van der Waals surface area contributed by atoms with Gasteiger partial charge in [0.25, 0.3) is 0 Å². The summed E-state index contributed by atoms with van der Waals surface area (Å²) in [6, 6.07) is 0. The molecule has 0 aromatic heterocycles. The van der Waals surface area contributed by atoms with Gasteiger partial charge in [0.2, 0.25) is 0 Å². The van der Waals surface area contributed by atoms with E-state index in [1.54, 1.807) is 22.3 Å². The van der Waals surface area contributed by atoms with Crippen molar-refractivity contribution in [2.75, 3.05) is 0 Å². The van der Waals surface area contributed by atoms with E-state index in [9.17, 15) is 0 Å². The van der Waals surface area contributed by atoms with Gasteiger partial charge < -0.3 is 0 Å². The first-order valence-electron chi connectivity index (χ1n) is 1.08. The van der Waals surface area contributed by atoms with Crippen molar-refractivity contribution in [1.82, 2.24) is 0 Å². The fourth-order valence-corrected chi connectivity index (χ4v) is 0. The first-order valence-corrected chi connectivity index (χ1v) is 2.35. The third-order valence-corrected chi connectivity index (χ3v) is 0. The molecule has 0 nitrogen and oxygen atoms in total. The summed E-state index contributed by atoms with van der Waals surface area (Å²) in [5.74, 6) is 0. The molecule has 0 saturated carbocycles. The molecule has 0 N–H and O–H groups in total. The van der Waals surface area contributed by atoms with Crippen LogP contribution in [0.25, 0.3) is 0 Å². The summed E-state index contributed by atoms with van der Waals surface area (Å²) in [6.07, 6.45) is 0. The zero-order valence-corrected chi connectivity index (χ0v) is 5.21. The SMILES string of the molecule is C=C(C)[TeH]. The number of allylic oxidation sites excluding steroid dienone is 1. The third kappa shape index (κ3) is 21.1. The van der Waals surface area contributed by atoms with Gasteiger partial charge in [-0.1, -0.05) is 0 Å². The summed E-state index contributed by atoms with van der Waals surface area (Å²) in [4.78, 5) is 0. The van der Waals surface area contributed by atoms with Crippen molar-refractivity contribution >= 4 is 22.3 Å². The molecule has 0 radical (unpaired) electrons. The van der Waals surface area contributed by atoms with Gasteiger partial charge in [-0.3, -0.25) is 0 Å². The van der Waals surface area contributed by atoms with Gasteiger partial charge in [-0.05, 0) is 0 Å². The van der Waals surface area contributed by atoms with Crippen LogP contribution in [0.4, 0.5) is 0 Å². The Morgan fingerprint density at radius 3 is 2.00 bits per heavy atom. The predicted molar refractivity (Wildman–Crippen MR) is 22.0 cm³/mol. The molecule has 0 aliphatic rings. The zero-order chi connectivity index (χ0) is 3.58. The molecule has 0 spiro atoms. The number of rotatable bonds is 0. The van der Waals surface area contributed by atoms with Gasteiger partial charge in [-0.25, -0.2) is 0 Å². The second-order valence-corrected chi connectivity index (χ2v) is 2.91. The monoisotopic (exact) mass is 172 g/mol. The topological polar surface area (TPSA) is 0 Å². The summed E-state index contributed by atoms with van der Waals surface area (Å²) < 4.78 is 1.22. The van der Waals surface area contributed by atoms with E-state index in [1.807, 2.05) is 6.92 Å². The van der Waals surface area contributed by atoms with Crippen LogP contribution >= 0.6 is 0 Å². The molecular weight excluding hydrogens is 164 g/mol. The first-order chi connectivity index (χ1) is 1.73. The Bertz CT molecular complexity index is 26.3. The number of hydrogen-bond donors (Lipinski definition) is 0. The molecular formula is C3H6Te. The molecule has 0 unspecified atom stereocenters. The van der Waals surface area contributed by atoms with E-state index in [2.05, 4.69) is 6.58 Å². The zero-order valence-electron chi connectivity index (χ0n) is 2.65. The van der Waals surface area contributed by atoms with Gasteiger partial charge in [0.05, 0.1) is 0 Å². The number of hydrogen-bond acceptors (Lipinski definition) is 0. The van der Waals surface area contributed by atoms with Gasteiger partial charge in [0, 0.05) is 0 Å². The maximum absolute atomic E-state index is 3.58. The first kappa shape index (κ1) is 4.53. The van der Waals surface area contributed by atoms with Gasteiger partial charge in [-0.15, -0.1) is 0 Å². The van der Waals surface area contributed by atoms with E-state index in [4.69, 9.17) is 0 Å². The molecule has 0 heterocycles. The van der Waals surface area contributed by atoms with E-state index in [0.717, 1.165) is 0 Å². The standard InChI is InChI=1S/C3H6Te/c1-3(2)4/h4H,1H2,2H3. The Labute approximate surface area is 39.8 Å². The van der Waals surface area contributed by atoms with Crippen molar-refractivity contribution in [2.45, 2.75) is 6.92 Å². The van der Waals surface area contributed by atoms with E-state index in [0.29, 0.717) is 0 Å². The second kappa shape index (κ2) is 1.81. The van der Waals surface area contributed by atoms with E-state index >= 15 is 0 Å². The average molecular weight is 170 g/mol. The molecule has 1 heteroatoms. The van der Waals surface area contributed by atoms with Crippen LogP contribution in [-0.4, -0.2) is 22.3 Å². The minimum atomic E-state index is 1.22. The molecule has 0 aliphatic carbocycles. The van der Waals surface area contributed by atoms with Gasteiger partial charge >= 0.3 is 39.4 Å². The van der Waals surface area contributed by atoms with E-state index in [-0.39, 0.29) is 0 Å². The molecule has 0 saturated heterocycles. The molecule has 0 atom stereocenters. The molecule has 0 fully saturated rings. The molecule has 24 valence electrons. The molecule has 0 aromatic rings. The Hall–Kier alpha value is 0.530. The molecule has 0 aromatic carbocycles. The maximum atomic E-state index is 3.58. The van der Waals surface area contributed by atoms with Crippen LogP contribution in [0.2, 0.25) is 0 Å². The second-order valence-electron chi connectivity index (χ2n) is 0.735. The molecule has 4 heavy (non-hydrogen) atoms. The molecule has 0 bridgehead atoms. The van der Waals surface area contributed by atoms with Crippen LogP contribution in [0.5, 0.6) is 0 Å². The van der Waals surface area contributed by atoms with Crippen molar-refractivity contribution in [3.8, 4) is 0 Å². The Morgan fingerprint density at radius 2 is 2.00 bits per heavy atom. The summed E-state index contributed by atoms with van der Waals surface area (Å²) >= 11 is 1.68. The van der Waals surface area contributed by atoms with Crippen LogP contribution in [-0.2, 0) is 0 Å². The fourth-order valence-electron chi connectivity index (χ4n) is 0. The van der Waals surface area contributed by atoms with E-state index in [1.165, 1.54) is 3.62 Å². The molecule has 0 amide bonds. The predicted octanol–water partition coefficient (Wildman–Crippen LogP) is 0.421. The van der Waals surface area contributed by atoms with Crippen molar-refractivity contribution in [1.29, 1.82) is 0 Å². The minimum absolute atomic E-state index is 1.22.